The van der Waals surface area contributed by atoms with Crippen LogP contribution in [0.1, 0.15) is 28.8 Å². The molecule has 0 N–H and O–H groups in total. The first-order chi connectivity index (χ1) is 13.1. The Bertz CT molecular complexity index is 801. The lowest BCUT2D eigenvalue weighted by Crippen LogP contribution is -2.36. The molecule has 3 rings (SSSR count). The number of ether oxygens (including phenoxy) is 3. The van der Waals surface area contributed by atoms with Gasteiger partial charge >= 0.3 is 5.97 Å². The van der Waals surface area contributed by atoms with Crippen LogP contribution < -0.4 is 9.47 Å². The molecule has 1 aliphatic carbocycles. The lowest BCUT2D eigenvalue weighted by molar-refractivity contribution is -0.134. The van der Waals surface area contributed by atoms with Crippen molar-refractivity contribution in [2.75, 3.05) is 20.8 Å². The Morgan fingerprint density at radius 3 is 2.41 bits per heavy atom. The number of hydrogen-bond acceptors (Lipinski definition) is 5. The Labute approximate surface area is 158 Å². The number of rotatable bonds is 8. The summed E-state index contributed by atoms with van der Waals surface area (Å²) in [6.45, 7) is 0.489. The van der Waals surface area contributed by atoms with Gasteiger partial charge in [0.15, 0.2) is 18.1 Å². The minimum Gasteiger partial charge on any atom is -0.493 e. The number of esters is 1. The number of amides is 1. The number of hydrogen-bond donors (Lipinski definition) is 0. The molecule has 2 aromatic rings. The van der Waals surface area contributed by atoms with Crippen LogP contribution >= 0.6 is 0 Å². The summed E-state index contributed by atoms with van der Waals surface area (Å²) in [6, 6.07) is 14.9. The van der Waals surface area contributed by atoms with Crippen molar-refractivity contribution in [1.29, 1.82) is 0 Å². The van der Waals surface area contributed by atoms with Crippen LogP contribution in [-0.2, 0) is 16.1 Å². The molecule has 1 amide bonds. The highest BCUT2D eigenvalue weighted by Crippen LogP contribution is 2.30. The average Bonchev–Trinajstić information content (AvgIpc) is 3.55. The van der Waals surface area contributed by atoms with Crippen molar-refractivity contribution in [3.05, 3.63) is 59.7 Å². The Morgan fingerprint density at radius 2 is 1.78 bits per heavy atom. The Hall–Kier alpha value is -3.02. The van der Waals surface area contributed by atoms with Gasteiger partial charge < -0.3 is 19.1 Å². The fourth-order valence-corrected chi connectivity index (χ4v) is 2.84. The molecule has 0 atom stereocenters. The summed E-state index contributed by atoms with van der Waals surface area (Å²) >= 11 is 0. The van der Waals surface area contributed by atoms with Gasteiger partial charge in [0.25, 0.3) is 5.91 Å². The molecule has 0 bridgehead atoms. The highest BCUT2D eigenvalue weighted by atomic mass is 16.5. The monoisotopic (exact) mass is 369 g/mol. The van der Waals surface area contributed by atoms with E-state index in [4.69, 9.17) is 14.2 Å². The van der Waals surface area contributed by atoms with Gasteiger partial charge in [-0.1, -0.05) is 30.3 Å². The molecule has 0 unspecified atom stereocenters. The van der Waals surface area contributed by atoms with E-state index in [1.165, 1.54) is 20.3 Å². The normalized spacial score (nSPS) is 13.0. The summed E-state index contributed by atoms with van der Waals surface area (Å²) in [7, 11) is 2.80. The van der Waals surface area contributed by atoms with E-state index in [1.54, 1.807) is 12.1 Å². The zero-order valence-electron chi connectivity index (χ0n) is 15.5. The quantitative estimate of drug-likeness (QED) is 0.669. The smallest absolute Gasteiger partial charge is 0.337 e. The number of carbonyl (C=O) groups is 2. The van der Waals surface area contributed by atoms with E-state index in [0.29, 0.717) is 23.6 Å². The van der Waals surface area contributed by atoms with Crippen LogP contribution in [0.2, 0.25) is 0 Å². The van der Waals surface area contributed by atoms with Crippen LogP contribution in [0, 0.1) is 0 Å². The molecular formula is C21H23NO5. The van der Waals surface area contributed by atoms with Crippen molar-refractivity contribution in [2.24, 2.45) is 0 Å². The van der Waals surface area contributed by atoms with Crippen LogP contribution in [0.15, 0.2) is 48.5 Å². The predicted molar refractivity (Wildman–Crippen MR) is 99.8 cm³/mol. The second-order valence-corrected chi connectivity index (χ2v) is 6.38. The van der Waals surface area contributed by atoms with Crippen molar-refractivity contribution in [3.8, 4) is 11.5 Å². The van der Waals surface area contributed by atoms with Gasteiger partial charge in [-0.15, -0.1) is 0 Å². The molecule has 0 heterocycles. The highest BCUT2D eigenvalue weighted by Gasteiger charge is 2.32. The first-order valence-electron chi connectivity index (χ1n) is 8.85. The average molecular weight is 369 g/mol. The number of benzene rings is 2. The van der Waals surface area contributed by atoms with Crippen LogP contribution in [0.4, 0.5) is 0 Å². The van der Waals surface area contributed by atoms with Crippen molar-refractivity contribution in [2.45, 2.75) is 25.4 Å². The fraction of sp³-hybridized carbons (Fsp3) is 0.333. The summed E-state index contributed by atoms with van der Waals surface area (Å²) in [4.78, 5) is 26.2. The Morgan fingerprint density at radius 1 is 1.04 bits per heavy atom. The van der Waals surface area contributed by atoms with E-state index in [-0.39, 0.29) is 18.6 Å². The van der Waals surface area contributed by atoms with Gasteiger partial charge in [0.2, 0.25) is 0 Å². The minimum absolute atomic E-state index is 0.0690. The van der Waals surface area contributed by atoms with E-state index in [1.807, 2.05) is 35.2 Å². The lowest BCUT2D eigenvalue weighted by Gasteiger charge is -2.23. The number of methoxy groups -OCH3 is 2. The lowest BCUT2D eigenvalue weighted by atomic mass is 10.2. The van der Waals surface area contributed by atoms with Gasteiger partial charge in [-0.2, -0.15) is 0 Å². The summed E-state index contributed by atoms with van der Waals surface area (Å²) in [6.07, 6.45) is 2.05. The van der Waals surface area contributed by atoms with Crippen LogP contribution in [0.25, 0.3) is 0 Å². The van der Waals surface area contributed by atoms with Crippen molar-refractivity contribution < 1.29 is 23.8 Å². The van der Waals surface area contributed by atoms with Gasteiger partial charge in [0.05, 0.1) is 19.8 Å². The molecule has 0 aromatic heterocycles. The van der Waals surface area contributed by atoms with E-state index in [0.717, 1.165) is 18.4 Å². The van der Waals surface area contributed by atoms with Crippen molar-refractivity contribution in [3.63, 3.8) is 0 Å². The van der Waals surface area contributed by atoms with Crippen molar-refractivity contribution >= 4 is 11.9 Å². The zero-order valence-corrected chi connectivity index (χ0v) is 15.5. The SMILES string of the molecule is COC(=O)c1ccc(OCC(=O)N(Cc2ccccc2)C2CC2)c(OC)c1. The van der Waals surface area contributed by atoms with E-state index in [9.17, 15) is 9.59 Å². The second kappa shape index (κ2) is 8.58. The van der Waals surface area contributed by atoms with Gasteiger partial charge in [0, 0.05) is 12.6 Å². The van der Waals surface area contributed by atoms with E-state index >= 15 is 0 Å². The molecule has 1 aliphatic rings. The van der Waals surface area contributed by atoms with Gasteiger partial charge in [0.1, 0.15) is 0 Å². The minimum atomic E-state index is -0.460. The maximum Gasteiger partial charge on any atom is 0.337 e. The third-order valence-corrected chi connectivity index (χ3v) is 4.44. The van der Waals surface area contributed by atoms with Crippen LogP contribution in [0.5, 0.6) is 11.5 Å². The maximum absolute atomic E-state index is 12.7. The van der Waals surface area contributed by atoms with Gasteiger partial charge in [-0.25, -0.2) is 4.79 Å². The summed E-state index contributed by atoms with van der Waals surface area (Å²) < 4.78 is 15.7. The standard InChI is InChI=1S/C21H23NO5/c1-25-19-12-16(21(24)26-2)8-11-18(19)27-14-20(23)22(17-9-10-17)13-15-6-4-3-5-7-15/h3-8,11-12,17H,9-10,13-14H2,1-2H3. The summed E-state index contributed by atoms with van der Waals surface area (Å²) in [5, 5.41) is 0. The summed E-state index contributed by atoms with van der Waals surface area (Å²) in [5.41, 5.74) is 1.45. The van der Waals surface area contributed by atoms with Gasteiger partial charge in [-0.3, -0.25) is 4.79 Å². The first-order valence-corrected chi connectivity index (χ1v) is 8.85. The van der Waals surface area contributed by atoms with Gasteiger partial charge in [-0.05, 0) is 36.6 Å². The molecule has 0 radical (unpaired) electrons. The molecular weight excluding hydrogens is 346 g/mol. The van der Waals surface area contributed by atoms with Crippen molar-refractivity contribution in [1.82, 2.24) is 4.90 Å². The molecule has 0 aliphatic heterocycles. The Balaban J connectivity index is 1.66. The third kappa shape index (κ3) is 4.78. The second-order valence-electron chi connectivity index (χ2n) is 6.38. The molecule has 2 aromatic carbocycles. The molecule has 27 heavy (non-hydrogen) atoms. The first kappa shape index (κ1) is 18.8. The number of carbonyl (C=O) groups excluding carboxylic acids is 2. The molecule has 0 spiro atoms. The molecule has 142 valence electrons. The van der Waals surface area contributed by atoms with E-state index < -0.39 is 5.97 Å². The molecule has 1 fully saturated rings. The largest absolute Gasteiger partial charge is 0.493 e. The maximum atomic E-state index is 12.7. The fourth-order valence-electron chi connectivity index (χ4n) is 2.84. The molecule has 6 nitrogen and oxygen atoms in total. The third-order valence-electron chi connectivity index (χ3n) is 4.44. The molecule has 6 heteroatoms. The zero-order chi connectivity index (χ0) is 19.2. The van der Waals surface area contributed by atoms with Crippen LogP contribution in [-0.4, -0.2) is 43.6 Å². The van der Waals surface area contributed by atoms with E-state index in [2.05, 4.69) is 0 Å². The summed E-state index contributed by atoms with van der Waals surface area (Å²) in [5.74, 6) is 0.264. The molecule has 1 saturated carbocycles. The predicted octanol–water partition coefficient (Wildman–Crippen LogP) is 3.05. The highest BCUT2D eigenvalue weighted by molar-refractivity contribution is 5.90. The topological polar surface area (TPSA) is 65.1 Å². The Kier molecular flexibility index (Phi) is 5.96. The van der Waals surface area contributed by atoms with Crippen LogP contribution in [0.3, 0.4) is 0 Å². The molecule has 0 saturated heterocycles. The number of nitrogens with zero attached hydrogens (tertiary/aromatic N) is 1.